The predicted octanol–water partition coefficient (Wildman–Crippen LogP) is 2.30. The molecule has 4 heteroatoms. The maximum atomic E-state index is 4.33. The van der Waals surface area contributed by atoms with Crippen molar-refractivity contribution in [1.82, 2.24) is 15.3 Å². The maximum Gasteiger partial charge on any atom is 0.0940 e. The van der Waals surface area contributed by atoms with Crippen molar-refractivity contribution in [3.8, 4) is 0 Å². The van der Waals surface area contributed by atoms with Gasteiger partial charge in [0.2, 0.25) is 0 Å². The lowest BCUT2D eigenvalue weighted by molar-refractivity contribution is 0.519. The number of pyridine rings is 1. The van der Waals surface area contributed by atoms with Crippen LogP contribution in [0.2, 0.25) is 0 Å². The summed E-state index contributed by atoms with van der Waals surface area (Å²) in [7, 11) is 2.02. The SMILES string of the molecule is CNC(CCc1ccncc1)Cc1nccs1. The van der Waals surface area contributed by atoms with E-state index < -0.39 is 0 Å². The zero-order valence-electron chi connectivity index (χ0n) is 9.97. The van der Waals surface area contributed by atoms with Crippen molar-refractivity contribution in [3.63, 3.8) is 0 Å². The van der Waals surface area contributed by atoms with E-state index in [9.17, 15) is 0 Å². The van der Waals surface area contributed by atoms with E-state index >= 15 is 0 Å². The van der Waals surface area contributed by atoms with Gasteiger partial charge in [-0.05, 0) is 37.6 Å². The number of thiazole rings is 1. The Bertz CT molecular complexity index is 413. The molecule has 0 aliphatic heterocycles. The molecule has 2 aromatic heterocycles. The van der Waals surface area contributed by atoms with Gasteiger partial charge in [0.15, 0.2) is 0 Å². The molecule has 3 nitrogen and oxygen atoms in total. The highest BCUT2D eigenvalue weighted by molar-refractivity contribution is 7.09. The molecule has 2 aromatic rings. The van der Waals surface area contributed by atoms with E-state index in [1.165, 1.54) is 10.6 Å². The fraction of sp³-hybridized carbons (Fsp3) is 0.385. The van der Waals surface area contributed by atoms with Gasteiger partial charge in [0.1, 0.15) is 0 Å². The number of hydrogen-bond donors (Lipinski definition) is 1. The van der Waals surface area contributed by atoms with Crippen molar-refractivity contribution in [2.75, 3.05) is 7.05 Å². The van der Waals surface area contributed by atoms with Crippen LogP contribution in [-0.2, 0) is 12.8 Å². The van der Waals surface area contributed by atoms with E-state index in [1.807, 2.05) is 31.0 Å². The number of aryl methyl sites for hydroxylation is 1. The van der Waals surface area contributed by atoms with E-state index in [2.05, 4.69) is 27.4 Å². The molecular weight excluding hydrogens is 230 g/mol. The number of rotatable bonds is 6. The van der Waals surface area contributed by atoms with Gasteiger partial charge in [-0.1, -0.05) is 0 Å². The fourth-order valence-electron chi connectivity index (χ4n) is 1.80. The van der Waals surface area contributed by atoms with Gasteiger partial charge in [-0.2, -0.15) is 0 Å². The van der Waals surface area contributed by atoms with Gasteiger partial charge in [-0.25, -0.2) is 4.98 Å². The number of likely N-dealkylation sites (N-methyl/N-ethyl adjacent to an activating group) is 1. The van der Waals surface area contributed by atoms with Crippen molar-refractivity contribution in [1.29, 1.82) is 0 Å². The summed E-state index contributed by atoms with van der Waals surface area (Å²) < 4.78 is 0. The van der Waals surface area contributed by atoms with Gasteiger partial charge in [-0.3, -0.25) is 4.98 Å². The maximum absolute atomic E-state index is 4.33. The first kappa shape index (κ1) is 12.2. The lowest BCUT2D eigenvalue weighted by Gasteiger charge is -2.14. The number of aromatic nitrogens is 2. The van der Waals surface area contributed by atoms with E-state index in [0.717, 1.165) is 19.3 Å². The Morgan fingerprint density at radius 1 is 1.29 bits per heavy atom. The molecule has 0 radical (unpaired) electrons. The van der Waals surface area contributed by atoms with E-state index in [1.54, 1.807) is 11.3 Å². The third-order valence-electron chi connectivity index (χ3n) is 2.84. The van der Waals surface area contributed by atoms with E-state index in [-0.39, 0.29) is 0 Å². The molecule has 17 heavy (non-hydrogen) atoms. The van der Waals surface area contributed by atoms with Crippen LogP contribution in [0, 0.1) is 0 Å². The van der Waals surface area contributed by atoms with Crippen LogP contribution in [0.15, 0.2) is 36.1 Å². The highest BCUT2D eigenvalue weighted by Crippen LogP contribution is 2.11. The highest BCUT2D eigenvalue weighted by Gasteiger charge is 2.09. The lowest BCUT2D eigenvalue weighted by atomic mass is 10.0. The molecule has 2 heterocycles. The molecule has 0 saturated carbocycles. The summed E-state index contributed by atoms with van der Waals surface area (Å²) in [5.41, 5.74) is 1.35. The standard InChI is InChI=1S/C13H17N3S/c1-14-12(10-13-16-8-9-17-13)3-2-11-4-6-15-7-5-11/h4-9,12,14H,2-3,10H2,1H3. The molecule has 2 rings (SSSR count). The van der Waals surface area contributed by atoms with Gasteiger partial charge >= 0.3 is 0 Å². The Morgan fingerprint density at radius 3 is 2.76 bits per heavy atom. The smallest absolute Gasteiger partial charge is 0.0940 e. The summed E-state index contributed by atoms with van der Waals surface area (Å²) >= 11 is 1.73. The van der Waals surface area contributed by atoms with Crippen molar-refractivity contribution in [2.45, 2.75) is 25.3 Å². The van der Waals surface area contributed by atoms with E-state index in [0.29, 0.717) is 6.04 Å². The molecule has 0 aromatic carbocycles. The Labute approximate surface area is 106 Å². The molecule has 1 unspecified atom stereocenters. The second kappa shape index (κ2) is 6.47. The van der Waals surface area contributed by atoms with Crippen molar-refractivity contribution in [2.24, 2.45) is 0 Å². The van der Waals surface area contributed by atoms with Gasteiger partial charge in [-0.15, -0.1) is 11.3 Å². The Balaban J connectivity index is 1.84. The third kappa shape index (κ3) is 3.91. The van der Waals surface area contributed by atoms with Crippen LogP contribution in [0.3, 0.4) is 0 Å². The van der Waals surface area contributed by atoms with Gasteiger partial charge in [0.05, 0.1) is 5.01 Å². The van der Waals surface area contributed by atoms with Crippen LogP contribution in [0.4, 0.5) is 0 Å². The first-order valence-electron chi connectivity index (χ1n) is 5.83. The molecule has 0 amide bonds. The molecule has 0 aliphatic rings. The van der Waals surface area contributed by atoms with Crippen LogP contribution in [0.1, 0.15) is 17.0 Å². The van der Waals surface area contributed by atoms with Crippen LogP contribution in [-0.4, -0.2) is 23.1 Å². The second-order valence-corrected chi connectivity index (χ2v) is 4.99. The summed E-state index contributed by atoms with van der Waals surface area (Å²) in [6.45, 7) is 0. The van der Waals surface area contributed by atoms with Crippen molar-refractivity contribution < 1.29 is 0 Å². The molecule has 0 aliphatic carbocycles. The summed E-state index contributed by atoms with van der Waals surface area (Å²) in [5, 5.41) is 6.60. The van der Waals surface area contributed by atoms with Crippen LogP contribution >= 0.6 is 11.3 Å². The number of hydrogen-bond acceptors (Lipinski definition) is 4. The van der Waals surface area contributed by atoms with Gasteiger partial charge in [0.25, 0.3) is 0 Å². The minimum Gasteiger partial charge on any atom is -0.317 e. The third-order valence-corrected chi connectivity index (χ3v) is 3.65. The minimum absolute atomic E-state index is 0.495. The first-order chi connectivity index (χ1) is 8.38. The van der Waals surface area contributed by atoms with E-state index in [4.69, 9.17) is 0 Å². The molecule has 0 fully saturated rings. The molecule has 1 atom stereocenters. The molecule has 0 saturated heterocycles. The van der Waals surface area contributed by atoms with Crippen LogP contribution in [0.25, 0.3) is 0 Å². The first-order valence-corrected chi connectivity index (χ1v) is 6.71. The highest BCUT2D eigenvalue weighted by atomic mass is 32.1. The average Bonchev–Trinajstić information content (AvgIpc) is 2.88. The fourth-order valence-corrected chi connectivity index (χ4v) is 2.50. The van der Waals surface area contributed by atoms with Crippen molar-refractivity contribution in [3.05, 3.63) is 46.7 Å². The van der Waals surface area contributed by atoms with Crippen LogP contribution in [0.5, 0.6) is 0 Å². The zero-order valence-corrected chi connectivity index (χ0v) is 10.8. The molecular formula is C13H17N3S. The quantitative estimate of drug-likeness (QED) is 0.851. The normalized spacial score (nSPS) is 12.5. The Morgan fingerprint density at radius 2 is 2.12 bits per heavy atom. The Kier molecular flexibility index (Phi) is 4.64. The van der Waals surface area contributed by atoms with Crippen molar-refractivity contribution >= 4 is 11.3 Å². The summed E-state index contributed by atoms with van der Waals surface area (Å²) in [6.07, 6.45) is 8.80. The molecule has 0 bridgehead atoms. The lowest BCUT2D eigenvalue weighted by Crippen LogP contribution is -2.28. The monoisotopic (exact) mass is 247 g/mol. The van der Waals surface area contributed by atoms with Crippen LogP contribution < -0.4 is 5.32 Å². The number of nitrogens with one attached hydrogen (secondary N) is 1. The average molecular weight is 247 g/mol. The van der Waals surface area contributed by atoms with Gasteiger partial charge in [0, 0.05) is 36.4 Å². The summed E-state index contributed by atoms with van der Waals surface area (Å²) in [5.74, 6) is 0. The second-order valence-electron chi connectivity index (χ2n) is 4.01. The molecule has 90 valence electrons. The minimum atomic E-state index is 0.495. The molecule has 1 N–H and O–H groups in total. The predicted molar refractivity (Wildman–Crippen MR) is 71.2 cm³/mol. The summed E-state index contributed by atoms with van der Waals surface area (Å²) in [4.78, 5) is 8.36. The number of nitrogens with zero attached hydrogens (tertiary/aromatic N) is 2. The molecule has 0 spiro atoms. The Hall–Kier alpha value is -1.26. The summed E-state index contributed by atoms with van der Waals surface area (Å²) in [6, 6.07) is 4.65. The zero-order chi connectivity index (χ0) is 11.9. The largest absolute Gasteiger partial charge is 0.317 e. The van der Waals surface area contributed by atoms with Gasteiger partial charge < -0.3 is 5.32 Å². The topological polar surface area (TPSA) is 37.8 Å².